The van der Waals surface area contributed by atoms with Gasteiger partial charge in [-0.2, -0.15) is 0 Å². The molecule has 76 valence electrons. The minimum atomic E-state index is -0.324. The minimum Gasteiger partial charge on any atom is -0.350 e. The van der Waals surface area contributed by atoms with Crippen molar-refractivity contribution >= 4 is 5.91 Å². The molecule has 0 aliphatic heterocycles. The molecule has 2 N–H and O–H groups in total. The number of carbonyl (C=O) groups is 1. The summed E-state index contributed by atoms with van der Waals surface area (Å²) in [5, 5.41) is 2.67. The highest BCUT2D eigenvalue weighted by Crippen LogP contribution is 1.91. The van der Waals surface area contributed by atoms with Gasteiger partial charge in [-0.3, -0.25) is 9.59 Å². The number of carbonyl (C=O) groups excluding carboxylic acids is 1. The molecule has 1 amide bonds. The van der Waals surface area contributed by atoms with Crippen molar-refractivity contribution in [2.45, 2.75) is 13.8 Å². The molecule has 0 radical (unpaired) electrons. The van der Waals surface area contributed by atoms with E-state index in [9.17, 15) is 9.59 Å². The molecule has 14 heavy (non-hydrogen) atoms. The molecule has 0 saturated carbocycles. The van der Waals surface area contributed by atoms with E-state index < -0.39 is 0 Å². The van der Waals surface area contributed by atoms with E-state index in [1.165, 1.54) is 12.4 Å². The van der Waals surface area contributed by atoms with Crippen LogP contribution in [0.25, 0.3) is 0 Å². The van der Waals surface area contributed by atoms with Gasteiger partial charge >= 0.3 is 0 Å². The Morgan fingerprint density at radius 2 is 2.36 bits per heavy atom. The van der Waals surface area contributed by atoms with Gasteiger partial charge < -0.3 is 10.3 Å². The van der Waals surface area contributed by atoms with E-state index in [-0.39, 0.29) is 17.2 Å². The third kappa shape index (κ3) is 3.01. The third-order valence-electron chi connectivity index (χ3n) is 1.58. The molecule has 5 heteroatoms. The average Bonchev–Trinajstić information content (AvgIpc) is 2.14. The highest BCUT2D eigenvalue weighted by atomic mass is 16.2. The smallest absolute Gasteiger partial charge is 0.270 e. The lowest BCUT2D eigenvalue weighted by Gasteiger charge is -2.05. The largest absolute Gasteiger partial charge is 0.350 e. The SMILES string of the molecule is CC(C)CNC(=O)c1cc(=O)[nH]cn1. The first-order valence-corrected chi connectivity index (χ1v) is 4.42. The number of aromatic nitrogens is 2. The predicted octanol–water partition coefficient (Wildman–Crippen LogP) is 0.156. The molecule has 5 nitrogen and oxygen atoms in total. The summed E-state index contributed by atoms with van der Waals surface area (Å²) >= 11 is 0. The average molecular weight is 195 g/mol. The summed E-state index contributed by atoms with van der Waals surface area (Å²) in [6, 6.07) is 1.18. The van der Waals surface area contributed by atoms with Crippen molar-refractivity contribution in [1.82, 2.24) is 15.3 Å². The molecule has 1 aromatic heterocycles. The number of aromatic amines is 1. The molecule has 1 rings (SSSR count). The van der Waals surface area contributed by atoms with Crippen LogP contribution in [0.2, 0.25) is 0 Å². The van der Waals surface area contributed by atoms with E-state index in [1.807, 2.05) is 13.8 Å². The van der Waals surface area contributed by atoms with Gasteiger partial charge in [0.2, 0.25) is 0 Å². The van der Waals surface area contributed by atoms with Crippen LogP contribution in [-0.2, 0) is 0 Å². The lowest BCUT2D eigenvalue weighted by atomic mass is 10.2. The molecule has 0 spiro atoms. The predicted molar refractivity (Wildman–Crippen MR) is 52.0 cm³/mol. The number of rotatable bonds is 3. The second-order valence-corrected chi connectivity index (χ2v) is 3.40. The van der Waals surface area contributed by atoms with Gasteiger partial charge in [-0.1, -0.05) is 13.8 Å². The first kappa shape index (κ1) is 10.4. The Hall–Kier alpha value is -1.65. The molecular weight excluding hydrogens is 182 g/mol. The van der Waals surface area contributed by atoms with Crippen LogP contribution in [-0.4, -0.2) is 22.4 Å². The van der Waals surface area contributed by atoms with E-state index >= 15 is 0 Å². The lowest BCUT2D eigenvalue weighted by molar-refractivity contribution is 0.0943. The van der Waals surface area contributed by atoms with E-state index in [4.69, 9.17) is 0 Å². The normalized spacial score (nSPS) is 10.2. The van der Waals surface area contributed by atoms with Crippen LogP contribution in [0.15, 0.2) is 17.2 Å². The van der Waals surface area contributed by atoms with Crippen LogP contribution in [0.1, 0.15) is 24.3 Å². The van der Waals surface area contributed by atoms with Crippen LogP contribution < -0.4 is 10.9 Å². The van der Waals surface area contributed by atoms with E-state index in [2.05, 4.69) is 15.3 Å². The molecule has 0 bridgehead atoms. The Morgan fingerprint density at radius 3 is 2.93 bits per heavy atom. The van der Waals surface area contributed by atoms with Gasteiger partial charge in [-0.15, -0.1) is 0 Å². The molecule has 0 atom stereocenters. The maximum atomic E-state index is 11.4. The number of nitrogens with one attached hydrogen (secondary N) is 2. The lowest BCUT2D eigenvalue weighted by Crippen LogP contribution is -2.29. The Bertz CT molecular complexity index is 370. The molecule has 0 fully saturated rings. The molecule has 0 aromatic carbocycles. The van der Waals surface area contributed by atoms with Crippen LogP contribution in [0, 0.1) is 5.92 Å². The van der Waals surface area contributed by atoms with Crippen molar-refractivity contribution in [3.8, 4) is 0 Å². The second-order valence-electron chi connectivity index (χ2n) is 3.40. The topological polar surface area (TPSA) is 74.8 Å². The van der Waals surface area contributed by atoms with Crippen molar-refractivity contribution in [3.05, 3.63) is 28.4 Å². The quantitative estimate of drug-likeness (QED) is 0.721. The van der Waals surface area contributed by atoms with Crippen molar-refractivity contribution in [2.75, 3.05) is 6.54 Å². The summed E-state index contributed by atoms with van der Waals surface area (Å²) in [5.41, 5.74) is -0.177. The third-order valence-corrected chi connectivity index (χ3v) is 1.58. The fourth-order valence-corrected chi connectivity index (χ4v) is 0.880. The number of H-pyrrole nitrogens is 1. The fourth-order valence-electron chi connectivity index (χ4n) is 0.880. The summed E-state index contributed by atoms with van der Waals surface area (Å²) in [5.74, 6) is 0.0609. The molecule has 1 aromatic rings. The van der Waals surface area contributed by atoms with Gasteiger partial charge in [0.05, 0.1) is 6.33 Å². The first-order valence-electron chi connectivity index (χ1n) is 4.42. The molecule has 1 heterocycles. The highest BCUT2D eigenvalue weighted by molar-refractivity contribution is 5.91. The summed E-state index contributed by atoms with van der Waals surface area (Å²) in [7, 11) is 0. The molecule has 0 aliphatic rings. The monoisotopic (exact) mass is 195 g/mol. The zero-order valence-electron chi connectivity index (χ0n) is 8.20. The van der Waals surface area contributed by atoms with Crippen LogP contribution in [0.4, 0.5) is 0 Å². The maximum absolute atomic E-state index is 11.4. The van der Waals surface area contributed by atoms with Crippen molar-refractivity contribution in [2.24, 2.45) is 5.92 Å². The zero-order chi connectivity index (χ0) is 10.6. The van der Waals surface area contributed by atoms with Gasteiger partial charge in [-0.05, 0) is 5.92 Å². The number of hydrogen-bond donors (Lipinski definition) is 2. The van der Waals surface area contributed by atoms with Gasteiger partial charge in [-0.25, -0.2) is 4.98 Å². The van der Waals surface area contributed by atoms with Crippen molar-refractivity contribution < 1.29 is 4.79 Å². The number of amides is 1. The standard InChI is InChI=1S/C9H13N3O2/c1-6(2)4-10-9(14)7-3-8(13)12-5-11-7/h3,5-6H,4H2,1-2H3,(H,10,14)(H,11,12,13). The second kappa shape index (κ2) is 4.55. The molecular formula is C9H13N3O2. The molecule has 0 saturated heterocycles. The maximum Gasteiger partial charge on any atom is 0.270 e. The minimum absolute atomic E-state index is 0.148. The Balaban J connectivity index is 2.65. The molecule has 0 aliphatic carbocycles. The zero-order valence-corrected chi connectivity index (χ0v) is 8.20. The van der Waals surface area contributed by atoms with Gasteiger partial charge in [0, 0.05) is 12.6 Å². The molecule has 0 unspecified atom stereocenters. The fraction of sp³-hybridized carbons (Fsp3) is 0.444. The van der Waals surface area contributed by atoms with Crippen LogP contribution in [0.5, 0.6) is 0 Å². The van der Waals surface area contributed by atoms with Gasteiger partial charge in [0.1, 0.15) is 5.69 Å². The number of hydrogen-bond acceptors (Lipinski definition) is 3. The van der Waals surface area contributed by atoms with Gasteiger partial charge in [0.15, 0.2) is 0 Å². The van der Waals surface area contributed by atoms with E-state index in [0.29, 0.717) is 12.5 Å². The van der Waals surface area contributed by atoms with E-state index in [0.717, 1.165) is 0 Å². The van der Waals surface area contributed by atoms with Crippen molar-refractivity contribution in [3.63, 3.8) is 0 Å². The Labute approximate surface area is 81.6 Å². The summed E-state index contributed by atoms with van der Waals surface area (Å²) < 4.78 is 0. The number of nitrogens with zero attached hydrogens (tertiary/aromatic N) is 1. The van der Waals surface area contributed by atoms with Gasteiger partial charge in [0.25, 0.3) is 11.5 Å². The van der Waals surface area contributed by atoms with Crippen LogP contribution in [0.3, 0.4) is 0 Å². The van der Waals surface area contributed by atoms with E-state index in [1.54, 1.807) is 0 Å². The highest BCUT2D eigenvalue weighted by Gasteiger charge is 2.07. The Morgan fingerprint density at radius 1 is 1.64 bits per heavy atom. The van der Waals surface area contributed by atoms with Crippen LogP contribution >= 0.6 is 0 Å². The Kier molecular flexibility index (Phi) is 3.39. The summed E-state index contributed by atoms with van der Waals surface area (Å²) in [6.07, 6.45) is 1.21. The summed E-state index contributed by atoms with van der Waals surface area (Å²) in [4.78, 5) is 28.3. The first-order chi connectivity index (χ1) is 6.59. The van der Waals surface area contributed by atoms with Crippen molar-refractivity contribution in [1.29, 1.82) is 0 Å². The summed E-state index contributed by atoms with van der Waals surface area (Å²) in [6.45, 7) is 4.56.